The van der Waals surface area contributed by atoms with Crippen molar-refractivity contribution in [3.8, 4) is 0 Å². The van der Waals surface area contributed by atoms with E-state index in [-0.39, 0.29) is 23.9 Å². The maximum Gasteiger partial charge on any atom is 0.251 e. The van der Waals surface area contributed by atoms with Crippen molar-refractivity contribution in [3.05, 3.63) is 35.9 Å². The highest BCUT2D eigenvalue weighted by atomic mass is 16.2. The molecule has 1 N–H and O–H groups in total. The van der Waals surface area contributed by atoms with E-state index in [9.17, 15) is 9.59 Å². The van der Waals surface area contributed by atoms with E-state index in [1.54, 1.807) is 12.1 Å². The summed E-state index contributed by atoms with van der Waals surface area (Å²) in [5, 5.41) is 2.78. The lowest BCUT2D eigenvalue weighted by Gasteiger charge is -2.38. The van der Waals surface area contributed by atoms with E-state index in [2.05, 4.69) is 22.2 Å². The number of benzene rings is 1. The molecule has 2 aliphatic rings. The van der Waals surface area contributed by atoms with Crippen LogP contribution >= 0.6 is 0 Å². The fourth-order valence-corrected chi connectivity index (χ4v) is 4.10. The van der Waals surface area contributed by atoms with E-state index in [0.717, 1.165) is 51.7 Å². The Labute approximate surface area is 144 Å². The van der Waals surface area contributed by atoms with Gasteiger partial charge in [-0.15, -0.1) is 0 Å². The lowest BCUT2D eigenvalue weighted by atomic mass is 9.87. The van der Waals surface area contributed by atoms with E-state index in [0.29, 0.717) is 5.56 Å². The number of amides is 2. The fourth-order valence-electron chi connectivity index (χ4n) is 4.10. The Hall–Kier alpha value is -1.88. The van der Waals surface area contributed by atoms with Crippen LogP contribution in [-0.2, 0) is 4.79 Å². The third-order valence-corrected chi connectivity index (χ3v) is 5.47. The van der Waals surface area contributed by atoms with Crippen LogP contribution in [0.15, 0.2) is 30.3 Å². The summed E-state index contributed by atoms with van der Waals surface area (Å²) in [6.07, 6.45) is 5.43. The molecule has 2 heterocycles. The minimum absolute atomic E-state index is 0.0132. The molecule has 2 fully saturated rings. The number of hydrogen-bond acceptors (Lipinski definition) is 3. The van der Waals surface area contributed by atoms with E-state index < -0.39 is 0 Å². The van der Waals surface area contributed by atoms with Crippen LogP contribution in [0.25, 0.3) is 0 Å². The van der Waals surface area contributed by atoms with Crippen LogP contribution in [0.3, 0.4) is 0 Å². The molecule has 0 unspecified atom stereocenters. The number of carbonyl (C=O) groups excluding carboxylic acids is 2. The molecule has 5 heteroatoms. The summed E-state index contributed by atoms with van der Waals surface area (Å²) in [7, 11) is 2.15. The van der Waals surface area contributed by atoms with Gasteiger partial charge in [-0.3, -0.25) is 9.59 Å². The standard InChI is InChI=1S/C19H27N3O2/c1-21-12-5-9-19(11-14-21)10-6-13-22(19)17(23)15-20-18(24)16-7-3-2-4-8-16/h2-4,7-8H,5-6,9-15H2,1H3,(H,20,24)/t19-/m1/s1. The van der Waals surface area contributed by atoms with Gasteiger partial charge in [0.25, 0.3) is 5.91 Å². The van der Waals surface area contributed by atoms with Crippen LogP contribution < -0.4 is 5.32 Å². The van der Waals surface area contributed by atoms with Gasteiger partial charge in [0.1, 0.15) is 0 Å². The molecule has 1 atom stereocenters. The molecule has 2 amide bonds. The van der Waals surface area contributed by atoms with Crippen LogP contribution in [-0.4, -0.2) is 60.4 Å². The summed E-state index contributed by atoms with van der Waals surface area (Å²) in [5.41, 5.74) is 0.608. The van der Waals surface area contributed by atoms with Crippen molar-refractivity contribution in [3.63, 3.8) is 0 Å². The minimum atomic E-state index is -0.183. The normalized spacial score (nSPS) is 24.8. The molecule has 3 rings (SSSR count). The Morgan fingerprint density at radius 1 is 1.04 bits per heavy atom. The van der Waals surface area contributed by atoms with Gasteiger partial charge >= 0.3 is 0 Å². The average Bonchev–Trinajstić information content (AvgIpc) is 2.92. The van der Waals surface area contributed by atoms with Crippen molar-refractivity contribution < 1.29 is 9.59 Å². The van der Waals surface area contributed by atoms with Crippen LogP contribution in [0.2, 0.25) is 0 Å². The Morgan fingerprint density at radius 3 is 2.50 bits per heavy atom. The zero-order valence-corrected chi connectivity index (χ0v) is 14.5. The van der Waals surface area contributed by atoms with Crippen molar-refractivity contribution in [2.45, 2.75) is 37.6 Å². The van der Waals surface area contributed by atoms with Crippen molar-refractivity contribution >= 4 is 11.8 Å². The van der Waals surface area contributed by atoms with Gasteiger partial charge in [0.15, 0.2) is 0 Å². The first-order valence-electron chi connectivity index (χ1n) is 8.93. The van der Waals surface area contributed by atoms with E-state index >= 15 is 0 Å². The van der Waals surface area contributed by atoms with Gasteiger partial charge in [0.2, 0.25) is 5.91 Å². The molecule has 2 aliphatic heterocycles. The number of nitrogens with one attached hydrogen (secondary N) is 1. The van der Waals surface area contributed by atoms with E-state index in [4.69, 9.17) is 0 Å². The molecule has 0 saturated carbocycles. The fraction of sp³-hybridized carbons (Fsp3) is 0.579. The first kappa shape index (κ1) is 17.0. The third kappa shape index (κ3) is 3.61. The minimum Gasteiger partial charge on any atom is -0.343 e. The predicted octanol–water partition coefficient (Wildman–Crippen LogP) is 1.89. The van der Waals surface area contributed by atoms with Gasteiger partial charge in [-0.05, 0) is 57.8 Å². The zero-order valence-electron chi connectivity index (χ0n) is 14.5. The predicted molar refractivity (Wildman–Crippen MR) is 93.8 cm³/mol. The summed E-state index contributed by atoms with van der Waals surface area (Å²) in [5.74, 6) is -0.126. The van der Waals surface area contributed by atoms with Gasteiger partial charge in [-0.1, -0.05) is 18.2 Å². The molecule has 5 nitrogen and oxygen atoms in total. The number of nitrogens with zero attached hydrogens (tertiary/aromatic N) is 2. The number of likely N-dealkylation sites (tertiary alicyclic amines) is 2. The summed E-state index contributed by atoms with van der Waals surface area (Å²) >= 11 is 0. The molecule has 1 aromatic rings. The van der Waals surface area contributed by atoms with Gasteiger partial charge in [0.05, 0.1) is 6.54 Å². The van der Waals surface area contributed by atoms with Gasteiger partial charge < -0.3 is 15.1 Å². The van der Waals surface area contributed by atoms with Crippen molar-refractivity contribution in [2.24, 2.45) is 0 Å². The lowest BCUT2D eigenvalue weighted by Crippen LogP contribution is -2.51. The monoisotopic (exact) mass is 329 g/mol. The second kappa shape index (κ2) is 7.34. The smallest absolute Gasteiger partial charge is 0.251 e. The largest absolute Gasteiger partial charge is 0.343 e. The maximum absolute atomic E-state index is 12.7. The first-order valence-corrected chi connectivity index (χ1v) is 8.93. The summed E-state index contributed by atoms with van der Waals surface area (Å²) in [4.78, 5) is 29.3. The maximum atomic E-state index is 12.7. The topological polar surface area (TPSA) is 52.6 Å². The SMILES string of the molecule is CN1CCC[C@@]2(CCCN2C(=O)CNC(=O)c2ccccc2)CC1. The summed E-state index contributed by atoms with van der Waals surface area (Å²) < 4.78 is 0. The molecule has 1 aromatic carbocycles. The first-order chi connectivity index (χ1) is 11.6. The average molecular weight is 329 g/mol. The van der Waals surface area contributed by atoms with Crippen LogP contribution in [0.1, 0.15) is 42.5 Å². The molecular weight excluding hydrogens is 302 g/mol. The van der Waals surface area contributed by atoms with Gasteiger partial charge in [-0.25, -0.2) is 0 Å². The molecule has 0 aliphatic carbocycles. The number of carbonyl (C=O) groups is 2. The second-order valence-corrected chi connectivity index (χ2v) is 7.08. The molecule has 0 radical (unpaired) electrons. The summed E-state index contributed by atoms with van der Waals surface area (Å²) in [6.45, 7) is 3.06. The second-order valence-electron chi connectivity index (χ2n) is 7.08. The Balaban J connectivity index is 1.60. The Kier molecular flexibility index (Phi) is 5.19. The zero-order chi connectivity index (χ0) is 17.0. The number of hydrogen-bond donors (Lipinski definition) is 1. The van der Waals surface area contributed by atoms with E-state index in [1.807, 2.05) is 18.2 Å². The third-order valence-electron chi connectivity index (χ3n) is 5.47. The van der Waals surface area contributed by atoms with Gasteiger partial charge in [0, 0.05) is 24.2 Å². The Morgan fingerprint density at radius 2 is 1.75 bits per heavy atom. The molecule has 2 saturated heterocycles. The molecule has 24 heavy (non-hydrogen) atoms. The summed E-state index contributed by atoms with van der Waals surface area (Å²) in [6, 6.07) is 9.05. The van der Waals surface area contributed by atoms with Crippen molar-refractivity contribution in [1.82, 2.24) is 15.1 Å². The van der Waals surface area contributed by atoms with E-state index in [1.165, 1.54) is 0 Å². The molecule has 0 aromatic heterocycles. The highest BCUT2D eigenvalue weighted by Crippen LogP contribution is 2.38. The lowest BCUT2D eigenvalue weighted by molar-refractivity contribution is -0.134. The molecule has 0 bridgehead atoms. The van der Waals surface area contributed by atoms with Crippen molar-refractivity contribution in [1.29, 1.82) is 0 Å². The molecular formula is C19H27N3O2. The van der Waals surface area contributed by atoms with Crippen LogP contribution in [0, 0.1) is 0 Å². The highest BCUT2D eigenvalue weighted by molar-refractivity contribution is 5.96. The van der Waals surface area contributed by atoms with Crippen LogP contribution in [0.5, 0.6) is 0 Å². The van der Waals surface area contributed by atoms with Crippen molar-refractivity contribution in [2.75, 3.05) is 33.2 Å². The molecule has 1 spiro atoms. The highest BCUT2D eigenvalue weighted by Gasteiger charge is 2.43. The van der Waals surface area contributed by atoms with Gasteiger partial charge in [-0.2, -0.15) is 0 Å². The van der Waals surface area contributed by atoms with Crippen LogP contribution in [0.4, 0.5) is 0 Å². The number of rotatable bonds is 3. The molecule has 130 valence electrons. The quantitative estimate of drug-likeness (QED) is 0.921. The Bertz CT molecular complexity index is 590.